The van der Waals surface area contributed by atoms with Crippen LogP contribution in [0.15, 0.2) is 6.07 Å². The Hall–Kier alpha value is -1.03. The minimum absolute atomic E-state index is 0.254. The maximum absolute atomic E-state index is 12.0. The largest absolute Gasteiger partial charge is 0.397 e. The number of nitrogen functional groups attached to an aromatic ring is 1. The van der Waals surface area contributed by atoms with Crippen molar-refractivity contribution in [2.24, 2.45) is 17.8 Å². The van der Waals surface area contributed by atoms with Crippen LogP contribution in [-0.2, 0) is 0 Å². The summed E-state index contributed by atoms with van der Waals surface area (Å²) in [6.07, 6.45) is 6.08. The first kappa shape index (κ1) is 13.0. The van der Waals surface area contributed by atoms with E-state index in [0.29, 0.717) is 5.69 Å². The van der Waals surface area contributed by atoms with Crippen LogP contribution in [0.4, 0.5) is 10.7 Å². The molecule has 0 aromatic carbocycles. The molecule has 0 amide bonds. The zero-order valence-corrected chi connectivity index (χ0v) is 12.3. The van der Waals surface area contributed by atoms with Gasteiger partial charge in [0.05, 0.1) is 15.6 Å². The molecule has 2 atom stereocenters. The van der Waals surface area contributed by atoms with E-state index in [1.165, 1.54) is 30.6 Å². The van der Waals surface area contributed by atoms with Crippen molar-refractivity contribution in [3.8, 4) is 0 Å². The lowest BCUT2D eigenvalue weighted by molar-refractivity contribution is 0.0972. The lowest BCUT2D eigenvalue weighted by Gasteiger charge is -2.10. The Balaban J connectivity index is 1.59. The first-order valence-electron chi connectivity index (χ1n) is 7.31. The zero-order valence-electron chi connectivity index (χ0n) is 11.4. The van der Waals surface area contributed by atoms with Gasteiger partial charge in [0, 0.05) is 12.5 Å². The van der Waals surface area contributed by atoms with Gasteiger partial charge in [-0.2, -0.15) is 0 Å². The van der Waals surface area contributed by atoms with Crippen LogP contribution < -0.4 is 11.1 Å². The molecule has 1 aromatic heterocycles. The van der Waals surface area contributed by atoms with Gasteiger partial charge >= 0.3 is 0 Å². The molecule has 2 unspecified atom stereocenters. The van der Waals surface area contributed by atoms with E-state index in [4.69, 9.17) is 5.73 Å². The summed E-state index contributed by atoms with van der Waals surface area (Å²) in [6, 6.07) is 1.93. The molecule has 3 rings (SSSR count). The molecule has 19 heavy (non-hydrogen) atoms. The molecule has 0 bridgehead atoms. The quantitative estimate of drug-likeness (QED) is 0.806. The van der Waals surface area contributed by atoms with E-state index in [9.17, 15) is 4.79 Å². The Bertz CT molecular complexity index is 478. The molecule has 104 valence electrons. The van der Waals surface area contributed by atoms with Crippen LogP contribution in [0.2, 0.25) is 0 Å². The maximum Gasteiger partial charge on any atom is 0.178 e. The molecule has 2 saturated carbocycles. The second kappa shape index (κ2) is 5.16. The van der Waals surface area contributed by atoms with Crippen molar-refractivity contribution >= 4 is 27.8 Å². The summed E-state index contributed by atoms with van der Waals surface area (Å²) in [5, 5.41) is 4.53. The molecule has 4 heteroatoms. The van der Waals surface area contributed by atoms with Gasteiger partial charge in [-0.15, -0.1) is 11.3 Å². The van der Waals surface area contributed by atoms with Gasteiger partial charge in [-0.25, -0.2) is 0 Å². The molecule has 2 aliphatic rings. The average molecular weight is 278 g/mol. The van der Waals surface area contributed by atoms with Gasteiger partial charge in [0.1, 0.15) is 0 Å². The van der Waals surface area contributed by atoms with Gasteiger partial charge in [-0.3, -0.25) is 4.79 Å². The molecule has 1 heterocycles. The van der Waals surface area contributed by atoms with Crippen molar-refractivity contribution in [2.75, 3.05) is 17.6 Å². The Labute approximate surface area is 118 Å². The molecule has 2 fully saturated rings. The van der Waals surface area contributed by atoms with E-state index in [0.717, 1.165) is 41.1 Å². The summed E-state index contributed by atoms with van der Waals surface area (Å²) < 4.78 is 0. The van der Waals surface area contributed by atoms with Gasteiger partial charge in [0.15, 0.2) is 5.78 Å². The minimum Gasteiger partial charge on any atom is -0.397 e. The number of nitrogens with one attached hydrogen (secondary N) is 1. The summed E-state index contributed by atoms with van der Waals surface area (Å²) in [6.45, 7) is 3.34. The van der Waals surface area contributed by atoms with E-state index in [2.05, 4.69) is 12.2 Å². The van der Waals surface area contributed by atoms with Crippen LogP contribution in [0.25, 0.3) is 0 Å². The molecule has 0 saturated heterocycles. The summed E-state index contributed by atoms with van der Waals surface area (Å²) in [5.74, 6) is 2.16. The molecule has 1 aromatic rings. The zero-order chi connectivity index (χ0) is 13.4. The third-order valence-electron chi connectivity index (χ3n) is 4.30. The standard InChI is InChI=1S/C15H22N2OS/c1-9-2-3-10(6-9)8-17-13-7-12(16)15(19-13)14(18)11-4-5-11/h7,9-11,17H,2-6,8,16H2,1H3. The molecule has 3 nitrogen and oxygen atoms in total. The van der Waals surface area contributed by atoms with Crippen LogP contribution in [0.5, 0.6) is 0 Å². The topological polar surface area (TPSA) is 55.1 Å². The molecule has 0 spiro atoms. The fourth-order valence-electron chi connectivity index (χ4n) is 2.97. The van der Waals surface area contributed by atoms with E-state index in [1.807, 2.05) is 6.07 Å². The smallest absolute Gasteiger partial charge is 0.178 e. The number of Topliss-reactive ketones (excluding diaryl/α,β-unsaturated/α-hetero) is 1. The monoisotopic (exact) mass is 278 g/mol. The predicted molar refractivity (Wildman–Crippen MR) is 80.8 cm³/mol. The molecule has 0 aliphatic heterocycles. The molecule has 0 radical (unpaired) electrons. The van der Waals surface area contributed by atoms with Crippen molar-refractivity contribution in [1.82, 2.24) is 0 Å². The van der Waals surface area contributed by atoms with Crippen molar-refractivity contribution in [2.45, 2.75) is 39.0 Å². The number of hydrogen-bond donors (Lipinski definition) is 2. The van der Waals surface area contributed by atoms with Crippen LogP contribution in [0, 0.1) is 17.8 Å². The minimum atomic E-state index is 0.254. The lowest BCUT2D eigenvalue weighted by atomic mass is 10.1. The molecular formula is C15H22N2OS. The second-order valence-corrected chi connectivity index (χ2v) is 7.25. The van der Waals surface area contributed by atoms with Crippen molar-refractivity contribution in [1.29, 1.82) is 0 Å². The highest BCUT2D eigenvalue weighted by Crippen LogP contribution is 2.39. The van der Waals surface area contributed by atoms with E-state index < -0.39 is 0 Å². The number of anilines is 2. The van der Waals surface area contributed by atoms with Gasteiger partial charge in [0.2, 0.25) is 0 Å². The van der Waals surface area contributed by atoms with Gasteiger partial charge in [-0.1, -0.05) is 13.3 Å². The number of carbonyl (C=O) groups is 1. The molecule has 2 aliphatic carbocycles. The van der Waals surface area contributed by atoms with Gasteiger partial charge < -0.3 is 11.1 Å². The van der Waals surface area contributed by atoms with Crippen molar-refractivity contribution < 1.29 is 4.79 Å². The Morgan fingerprint density at radius 2 is 2.21 bits per heavy atom. The second-order valence-electron chi connectivity index (χ2n) is 6.20. The first-order chi connectivity index (χ1) is 9.13. The third kappa shape index (κ3) is 2.94. The van der Waals surface area contributed by atoms with Crippen LogP contribution >= 0.6 is 11.3 Å². The normalized spacial score (nSPS) is 26.6. The van der Waals surface area contributed by atoms with E-state index in [-0.39, 0.29) is 11.7 Å². The Morgan fingerprint density at radius 1 is 1.42 bits per heavy atom. The van der Waals surface area contributed by atoms with Crippen LogP contribution in [-0.4, -0.2) is 12.3 Å². The number of ketones is 1. The average Bonchev–Trinajstić information content (AvgIpc) is 3.05. The molecule has 3 N–H and O–H groups in total. The third-order valence-corrected chi connectivity index (χ3v) is 5.42. The van der Waals surface area contributed by atoms with Crippen molar-refractivity contribution in [3.05, 3.63) is 10.9 Å². The maximum atomic E-state index is 12.0. The van der Waals surface area contributed by atoms with Gasteiger partial charge in [-0.05, 0) is 43.6 Å². The number of carbonyl (C=O) groups excluding carboxylic acids is 1. The summed E-state index contributed by atoms with van der Waals surface area (Å²) in [7, 11) is 0. The highest BCUT2D eigenvalue weighted by atomic mass is 32.1. The SMILES string of the molecule is CC1CCC(CNc2cc(N)c(C(=O)C3CC3)s2)C1. The number of hydrogen-bond acceptors (Lipinski definition) is 4. The number of thiophene rings is 1. The number of rotatable bonds is 5. The first-order valence-corrected chi connectivity index (χ1v) is 8.12. The fourth-order valence-corrected chi connectivity index (χ4v) is 3.98. The summed E-state index contributed by atoms with van der Waals surface area (Å²) >= 11 is 1.53. The Kier molecular flexibility index (Phi) is 3.52. The summed E-state index contributed by atoms with van der Waals surface area (Å²) in [5.41, 5.74) is 6.62. The van der Waals surface area contributed by atoms with E-state index in [1.54, 1.807) is 0 Å². The van der Waals surface area contributed by atoms with Crippen molar-refractivity contribution in [3.63, 3.8) is 0 Å². The van der Waals surface area contributed by atoms with Crippen LogP contribution in [0.1, 0.15) is 48.7 Å². The lowest BCUT2D eigenvalue weighted by Crippen LogP contribution is -2.10. The highest BCUT2D eigenvalue weighted by molar-refractivity contribution is 7.18. The fraction of sp³-hybridized carbons (Fsp3) is 0.667. The van der Waals surface area contributed by atoms with E-state index >= 15 is 0 Å². The predicted octanol–water partition coefficient (Wildman–Crippen LogP) is 3.77. The highest BCUT2D eigenvalue weighted by Gasteiger charge is 2.32. The Morgan fingerprint density at radius 3 is 2.84 bits per heavy atom. The summed E-state index contributed by atoms with van der Waals surface area (Å²) in [4.78, 5) is 12.8. The number of nitrogens with two attached hydrogens (primary N) is 1. The van der Waals surface area contributed by atoms with Gasteiger partial charge in [0.25, 0.3) is 0 Å². The molecular weight excluding hydrogens is 256 g/mol. The van der Waals surface area contributed by atoms with Crippen LogP contribution in [0.3, 0.4) is 0 Å².